The molecule has 0 aliphatic carbocycles. The molecule has 2 aromatic carbocycles. The standard InChI is InChI=1S/C21H27N3O3/c1-4-8-20(25)23-17-10-7-9-16(13-17)22-14-21(26)24-18-11-5-6-12-19(18)27-15(2)3/h5-7,9-13,15,22H,4,8,14H2,1-3H3,(H,23,25)(H,24,26). The van der Waals surface area contributed by atoms with Gasteiger partial charge in [-0.3, -0.25) is 9.59 Å². The first-order valence-electron chi connectivity index (χ1n) is 9.17. The molecule has 0 fully saturated rings. The van der Waals surface area contributed by atoms with E-state index in [2.05, 4.69) is 16.0 Å². The van der Waals surface area contributed by atoms with E-state index in [4.69, 9.17) is 4.74 Å². The Hall–Kier alpha value is -3.02. The van der Waals surface area contributed by atoms with Crippen LogP contribution in [0.1, 0.15) is 33.6 Å². The van der Waals surface area contributed by atoms with Crippen LogP contribution in [0.4, 0.5) is 17.1 Å². The first-order valence-corrected chi connectivity index (χ1v) is 9.17. The summed E-state index contributed by atoms with van der Waals surface area (Å²) < 4.78 is 5.71. The summed E-state index contributed by atoms with van der Waals surface area (Å²) in [5, 5.41) is 8.76. The summed E-state index contributed by atoms with van der Waals surface area (Å²) in [7, 11) is 0. The molecule has 6 heteroatoms. The number of carbonyl (C=O) groups excluding carboxylic acids is 2. The number of hydrogen-bond acceptors (Lipinski definition) is 4. The largest absolute Gasteiger partial charge is 0.489 e. The van der Waals surface area contributed by atoms with Crippen LogP contribution in [0.2, 0.25) is 0 Å². The summed E-state index contributed by atoms with van der Waals surface area (Å²) in [5.74, 6) is 0.436. The van der Waals surface area contributed by atoms with E-state index in [1.165, 1.54) is 0 Å². The molecule has 2 aromatic rings. The molecule has 0 aromatic heterocycles. The minimum absolute atomic E-state index is 0.0193. The first-order chi connectivity index (χ1) is 13.0. The van der Waals surface area contributed by atoms with Crippen molar-refractivity contribution in [2.24, 2.45) is 0 Å². The average molecular weight is 369 g/mol. The molecule has 2 amide bonds. The van der Waals surface area contributed by atoms with Crippen LogP contribution < -0.4 is 20.7 Å². The van der Waals surface area contributed by atoms with Gasteiger partial charge in [-0.1, -0.05) is 25.1 Å². The fourth-order valence-corrected chi connectivity index (χ4v) is 2.46. The molecule has 27 heavy (non-hydrogen) atoms. The Bertz CT molecular complexity index is 775. The van der Waals surface area contributed by atoms with Crippen LogP contribution in [-0.2, 0) is 9.59 Å². The third-order valence-corrected chi connectivity index (χ3v) is 3.60. The number of nitrogens with one attached hydrogen (secondary N) is 3. The summed E-state index contributed by atoms with van der Waals surface area (Å²) in [6.45, 7) is 5.93. The van der Waals surface area contributed by atoms with E-state index >= 15 is 0 Å². The van der Waals surface area contributed by atoms with Crippen LogP contribution in [0.25, 0.3) is 0 Å². The first kappa shape index (κ1) is 20.3. The highest BCUT2D eigenvalue weighted by molar-refractivity contribution is 5.95. The summed E-state index contributed by atoms with van der Waals surface area (Å²) in [6, 6.07) is 14.6. The zero-order valence-electron chi connectivity index (χ0n) is 16.0. The molecule has 0 spiro atoms. The smallest absolute Gasteiger partial charge is 0.243 e. The van der Waals surface area contributed by atoms with Crippen LogP contribution in [0.15, 0.2) is 48.5 Å². The van der Waals surface area contributed by atoms with Crippen LogP contribution >= 0.6 is 0 Å². The van der Waals surface area contributed by atoms with E-state index in [1.54, 1.807) is 12.1 Å². The predicted molar refractivity (Wildman–Crippen MR) is 109 cm³/mol. The second-order valence-electron chi connectivity index (χ2n) is 6.44. The molecule has 0 bridgehead atoms. The van der Waals surface area contributed by atoms with Crippen molar-refractivity contribution in [1.82, 2.24) is 0 Å². The van der Waals surface area contributed by atoms with Gasteiger partial charge in [0.1, 0.15) is 5.75 Å². The average Bonchev–Trinajstić information content (AvgIpc) is 2.62. The number of anilines is 3. The lowest BCUT2D eigenvalue weighted by Crippen LogP contribution is -2.22. The fraction of sp³-hybridized carbons (Fsp3) is 0.333. The Kier molecular flexibility index (Phi) is 7.67. The van der Waals surface area contributed by atoms with Crippen LogP contribution in [-0.4, -0.2) is 24.5 Å². The zero-order chi connectivity index (χ0) is 19.6. The lowest BCUT2D eigenvalue weighted by Gasteiger charge is -2.15. The Morgan fingerprint density at radius 3 is 2.44 bits per heavy atom. The number of hydrogen-bond donors (Lipinski definition) is 3. The summed E-state index contributed by atoms with van der Waals surface area (Å²) >= 11 is 0. The molecule has 0 aliphatic rings. The van der Waals surface area contributed by atoms with Gasteiger partial charge in [0.25, 0.3) is 0 Å². The second kappa shape index (κ2) is 10.2. The van der Waals surface area contributed by atoms with E-state index in [0.29, 0.717) is 23.5 Å². The van der Waals surface area contributed by atoms with Gasteiger partial charge in [-0.2, -0.15) is 0 Å². The summed E-state index contributed by atoms with van der Waals surface area (Å²) in [5.41, 5.74) is 2.10. The van der Waals surface area contributed by atoms with Crippen molar-refractivity contribution in [1.29, 1.82) is 0 Å². The monoisotopic (exact) mass is 369 g/mol. The van der Waals surface area contributed by atoms with Crippen molar-refractivity contribution in [2.75, 3.05) is 22.5 Å². The Morgan fingerprint density at radius 1 is 0.963 bits per heavy atom. The molecule has 0 radical (unpaired) electrons. The maximum Gasteiger partial charge on any atom is 0.243 e. The van der Waals surface area contributed by atoms with Crippen molar-refractivity contribution in [2.45, 2.75) is 39.7 Å². The Labute approximate surface area is 160 Å². The minimum Gasteiger partial charge on any atom is -0.489 e. The van der Waals surface area contributed by atoms with Gasteiger partial charge in [-0.15, -0.1) is 0 Å². The minimum atomic E-state index is -0.185. The van der Waals surface area contributed by atoms with Crippen molar-refractivity contribution in [3.63, 3.8) is 0 Å². The summed E-state index contributed by atoms with van der Waals surface area (Å²) in [6.07, 6.45) is 1.30. The van der Waals surface area contributed by atoms with E-state index in [1.807, 2.05) is 57.2 Å². The molecular weight excluding hydrogens is 342 g/mol. The maximum absolute atomic E-state index is 12.3. The van der Waals surface area contributed by atoms with Gasteiger partial charge in [0.05, 0.1) is 18.3 Å². The number of ether oxygens (including phenoxy) is 1. The van der Waals surface area contributed by atoms with Gasteiger partial charge >= 0.3 is 0 Å². The molecule has 0 saturated heterocycles. The van der Waals surface area contributed by atoms with E-state index in [9.17, 15) is 9.59 Å². The molecule has 3 N–H and O–H groups in total. The predicted octanol–water partition coefficient (Wildman–Crippen LogP) is 4.26. The van der Waals surface area contributed by atoms with Crippen LogP contribution in [0.5, 0.6) is 5.75 Å². The third-order valence-electron chi connectivity index (χ3n) is 3.60. The molecular formula is C21H27N3O3. The van der Waals surface area contributed by atoms with Crippen molar-refractivity contribution in [3.05, 3.63) is 48.5 Å². The van der Waals surface area contributed by atoms with Crippen molar-refractivity contribution in [3.8, 4) is 5.75 Å². The molecule has 0 heterocycles. The lowest BCUT2D eigenvalue weighted by atomic mass is 10.2. The van der Waals surface area contributed by atoms with Crippen LogP contribution in [0.3, 0.4) is 0 Å². The quantitative estimate of drug-likeness (QED) is 0.617. The molecule has 0 unspecified atom stereocenters. The van der Waals surface area contributed by atoms with Gasteiger partial charge in [0, 0.05) is 17.8 Å². The highest BCUT2D eigenvalue weighted by Gasteiger charge is 2.09. The number of benzene rings is 2. The normalized spacial score (nSPS) is 10.4. The molecule has 0 aliphatic heterocycles. The van der Waals surface area contributed by atoms with Crippen molar-refractivity contribution < 1.29 is 14.3 Å². The van der Waals surface area contributed by atoms with E-state index in [0.717, 1.165) is 12.1 Å². The van der Waals surface area contributed by atoms with Gasteiger partial charge in [-0.05, 0) is 50.6 Å². The number of carbonyl (C=O) groups is 2. The highest BCUT2D eigenvalue weighted by Crippen LogP contribution is 2.24. The lowest BCUT2D eigenvalue weighted by molar-refractivity contribution is -0.116. The topological polar surface area (TPSA) is 79.5 Å². The fourth-order valence-electron chi connectivity index (χ4n) is 2.46. The number of amides is 2. The van der Waals surface area contributed by atoms with Crippen molar-refractivity contribution >= 4 is 28.9 Å². The van der Waals surface area contributed by atoms with Gasteiger partial charge in [0.2, 0.25) is 11.8 Å². The molecule has 2 rings (SSSR count). The van der Waals surface area contributed by atoms with E-state index < -0.39 is 0 Å². The zero-order valence-corrected chi connectivity index (χ0v) is 16.0. The van der Waals surface area contributed by atoms with Gasteiger partial charge in [0.15, 0.2) is 0 Å². The SMILES string of the molecule is CCCC(=O)Nc1cccc(NCC(=O)Nc2ccccc2OC(C)C)c1. The highest BCUT2D eigenvalue weighted by atomic mass is 16.5. The van der Waals surface area contributed by atoms with Gasteiger partial charge < -0.3 is 20.7 Å². The number of para-hydroxylation sites is 2. The Balaban J connectivity index is 1.92. The maximum atomic E-state index is 12.3. The van der Waals surface area contributed by atoms with E-state index in [-0.39, 0.29) is 24.5 Å². The third kappa shape index (κ3) is 7.01. The Morgan fingerprint density at radius 2 is 1.70 bits per heavy atom. The molecule has 0 saturated carbocycles. The van der Waals surface area contributed by atoms with Crippen LogP contribution in [0, 0.1) is 0 Å². The molecule has 6 nitrogen and oxygen atoms in total. The number of rotatable bonds is 9. The molecule has 0 atom stereocenters. The molecule has 144 valence electrons. The summed E-state index contributed by atoms with van der Waals surface area (Å²) in [4.78, 5) is 24.0. The second-order valence-corrected chi connectivity index (χ2v) is 6.44. The van der Waals surface area contributed by atoms with Gasteiger partial charge in [-0.25, -0.2) is 0 Å².